The third-order valence-electron chi connectivity index (χ3n) is 5.53. The maximum atomic E-state index is 14.9. The van der Waals surface area contributed by atoms with E-state index >= 15 is 0 Å². The summed E-state index contributed by atoms with van der Waals surface area (Å²) in [4.78, 5) is 8.05. The van der Waals surface area contributed by atoms with Crippen LogP contribution in [0.3, 0.4) is 0 Å². The van der Waals surface area contributed by atoms with Crippen molar-refractivity contribution in [3.63, 3.8) is 0 Å². The predicted octanol–water partition coefficient (Wildman–Crippen LogP) is 4.14. The van der Waals surface area contributed by atoms with Crippen molar-refractivity contribution in [2.45, 2.75) is 35.3 Å². The number of anilines is 1. The van der Waals surface area contributed by atoms with Gasteiger partial charge < -0.3 is 5.73 Å². The molecule has 1 fully saturated rings. The highest BCUT2D eigenvalue weighted by molar-refractivity contribution is 7.93. The number of sulfone groups is 1. The summed E-state index contributed by atoms with van der Waals surface area (Å²) in [5.41, 5.74) is 6.86. The van der Waals surface area contributed by atoms with E-state index < -0.39 is 20.4 Å². The van der Waals surface area contributed by atoms with Gasteiger partial charge in [-0.15, -0.1) is 0 Å². The Balaban J connectivity index is 1.81. The van der Waals surface area contributed by atoms with Crippen LogP contribution >= 0.6 is 0 Å². The van der Waals surface area contributed by atoms with Crippen LogP contribution in [0.5, 0.6) is 0 Å². The monoisotopic (exact) mass is 422 g/mol. The molecule has 1 aliphatic carbocycles. The Morgan fingerprint density at radius 2 is 1.77 bits per heavy atom. The summed E-state index contributed by atoms with van der Waals surface area (Å²) in [7, 11) is -3.93. The van der Waals surface area contributed by atoms with E-state index in [4.69, 9.17) is 5.73 Å². The average molecular weight is 422 g/mol. The summed E-state index contributed by atoms with van der Waals surface area (Å²) in [6, 6.07) is 12.9. The second-order valence-electron chi connectivity index (χ2n) is 7.33. The molecule has 0 radical (unpaired) electrons. The largest absolute Gasteiger partial charge is 0.382 e. The molecular weight excluding hydrogens is 403 g/mol. The number of nitriles is 1. The van der Waals surface area contributed by atoms with E-state index in [1.165, 1.54) is 30.6 Å². The van der Waals surface area contributed by atoms with Crippen LogP contribution in [0, 0.1) is 17.1 Å². The summed E-state index contributed by atoms with van der Waals surface area (Å²) in [5.74, 6) is -0.331. The van der Waals surface area contributed by atoms with Gasteiger partial charge in [0.2, 0.25) is 0 Å². The van der Waals surface area contributed by atoms with E-state index in [-0.39, 0.29) is 16.3 Å². The first kappa shape index (κ1) is 20.0. The van der Waals surface area contributed by atoms with Crippen LogP contribution < -0.4 is 5.73 Å². The highest BCUT2D eigenvalue weighted by Gasteiger charge is 2.48. The zero-order valence-corrected chi connectivity index (χ0v) is 16.9. The molecule has 1 aliphatic rings. The smallest absolute Gasteiger partial charge is 0.198 e. The Labute approximate surface area is 174 Å². The maximum Gasteiger partial charge on any atom is 0.198 e. The molecule has 1 saturated carbocycles. The Hall–Kier alpha value is -3.31. The van der Waals surface area contributed by atoms with Crippen LogP contribution in [0.25, 0.3) is 22.4 Å². The van der Waals surface area contributed by atoms with Crippen LogP contribution in [0.2, 0.25) is 0 Å². The third-order valence-corrected chi connectivity index (χ3v) is 8.00. The van der Waals surface area contributed by atoms with Crippen molar-refractivity contribution in [3.05, 3.63) is 60.7 Å². The van der Waals surface area contributed by atoms with Crippen LogP contribution in [0.1, 0.15) is 25.7 Å². The number of hydrogen-bond donors (Lipinski definition) is 1. The molecule has 0 aliphatic heterocycles. The molecule has 152 valence electrons. The number of aromatic nitrogens is 2. The molecule has 0 atom stereocenters. The molecule has 0 amide bonds. The second-order valence-corrected chi connectivity index (χ2v) is 9.56. The van der Waals surface area contributed by atoms with Gasteiger partial charge in [0.1, 0.15) is 11.6 Å². The molecule has 4 rings (SSSR count). The molecule has 8 heteroatoms. The van der Waals surface area contributed by atoms with Crippen molar-refractivity contribution < 1.29 is 12.8 Å². The van der Waals surface area contributed by atoms with Gasteiger partial charge in [-0.1, -0.05) is 37.1 Å². The van der Waals surface area contributed by atoms with Gasteiger partial charge in [0.25, 0.3) is 0 Å². The van der Waals surface area contributed by atoms with Crippen LogP contribution in [0.4, 0.5) is 10.2 Å². The minimum absolute atomic E-state index is 0.0490. The zero-order chi connectivity index (χ0) is 21.4. The Morgan fingerprint density at radius 3 is 2.40 bits per heavy atom. The first-order valence-corrected chi connectivity index (χ1v) is 11.0. The first-order chi connectivity index (χ1) is 14.4. The fourth-order valence-corrected chi connectivity index (χ4v) is 6.00. The zero-order valence-electron chi connectivity index (χ0n) is 16.0. The quantitative estimate of drug-likeness (QED) is 0.677. The number of nitrogens with two attached hydrogens (primary N) is 1. The lowest BCUT2D eigenvalue weighted by atomic mass is 10.0. The van der Waals surface area contributed by atoms with Crippen molar-refractivity contribution in [2.24, 2.45) is 0 Å². The number of rotatable bonds is 4. The van der Waals surface area contributed by atoms with E-state index in [0.29, 0.717) is 42.5 Å². The van der Waals surface area contributed by atoms with Crippen LogP contribution in [-0.4, -0.2) is 23.1 Å². The molecule has 2 aromatic carbocycles. The molecule has 1 aromatic heterocycles. The molecule has 6 nitrogen and oxygen atoms in total. The molecular formula is C22H19FN4O2S. The van der Waals surface area contributed by atoms with Gasteiger partial charge in [0, 0.05) is 11.1 Å². The van der Waals surface area contributed by atoms with Gasteiger partial charge in [-0.2, -0.15) is 5.26 Å². The lowest BCUT2D eigenvalue weighted by Gasteiger charge is -2.22. The van der Waals surface area contributed by atoms with Crippen molar-refractivity contribution in [1.82, 2.24) is 9.97 Å². The fraction of sp³-hybridized carbons (Fsp3) is 0.227. The number of nitrogen functional groups attached to an aromatic ring is 1. The highest BCUT2D eigenvalue weighted by atomic mass is 32.2. The van der Waals surface area contributed by atoms with Gasteiger partial charge in [-0.3, -0.25) is 4.98 Å². The topological polar surface area (TPSA) is 110 Å². The van der Waals surface area contributed by atoms with Crippen molar-refractivity contribution in [2.75, 3.05) is 5.73 Å². The van der Waals surface area contributed by atoms with E-state index in [1.807, 2.05) is 0 Å². The molecule has 0 spiro atoms. The normalized spacial score (nSPS) is 15.6. The van der Waals surface area contributed by atoms with Gasteiger partial charge in [0.15, 0.2) is 14.6 Å². The summed E-state index contributed by atoms with van der Waals surface area (Å²) in [6.07, 6.45) is 4.73. The van der Waals surface area contributed by atoms with Crippen LogP contribution in [0.15, 0.2) is 59.8 Å². The maximum absolute atomic E-state index is 14.9. The Bertz CT molecular complexity index is 1240. The molecule has 1 heterocycles. The standard InChI is InChI=1S/C22H19FN4O2S/c23-18-11-15(7-8-17(18)19-12-27-21(25)13-26-19)16-5-1-2-6-20(16)30(28,29)22(14-24)9-3-4-10-22/h1-2,5-8,11-13H,3-4,9-10H2,(H2,25,27). The summed E-state index contributed by atoms with van der Waals surface area (Å²) >= 11 is 0. The number of benzene rings is 2. The number of halogens is 1. The molecule has 3 aromatic rings. The van der Waals surface area contributed by atoms with Crippen LogP contribution in [-0.2, 0) is 9.84 Å². The molecule has 0 saturated heterocycles. The lowest BCUT2D eigenvalue weighted by molar-refractivity contribution is 0.558. The Morgan fingerprint density at radius 1 is 1.03 bits per heavy atom. The van der Waals surface area contributed by atoms with Gasteiger partial charge in [-0.25, -0.2) is 17.8 Å². The summed E-state index contributed by atoms with van der Waals surface area (Å²) in [6.45, 7) is 0. The lowest BCUT2D eigenvalue weighted by Crippen LogP contribution is -2.34. The van der Waals surface area contributed by atoms with E-state index in [0.717, 1.165) is 0 Å². The predicted molar refractivity (Wildman–Crippen MR) is 111 cm³/mol. The SMILES string of the molecule is N#CC1(S(=O)(=O)c2ccccc2-c2ccc(-c3cnc(N)cn3)c(F)c2)CCCC1. The van der Waals surface area contributed by atoms with Gasteiger partial charge in [0.05, 0.1) is 29.1 Å². The summed E-state index contributed by atoms with van der Waals surface area (Å²) < 4.78 is 40.3. The Kier molecular flexibility index (Phi) is 5.00. The van der Waals surface area contributed by atoms with Gasteiger partial charge >= 0.3 is 0 Å². The third kappa shape index (κ3) is 3.21. The minimum atomic E-state index is -3.93. The van der Waals surface area contributed by atoms with E-state index in [2.05, 4.69) is 16.0 Å². The molecule has 0 bridgehead atoms. The number of hydrogen-bond acceptors (Lipinski definition) is 6. The molecule has 2 N–H and O–H groups in total. The van der Waals surface area contributed by atoms with Crippen molar-refractivity contribution >= 4 is 15.7 Å². The second kappa shape index (κ2) is 7.50. The average Bonchev–Trinajstić information content (AvgIpc) is 3.26. The first-order valence-electron chi connectivity index (χ1n) is 9.51. The summed E-state index contributed by atoms with van der Waals surface area (Å²) in [5, 5.41) is 9.69. The van der Waals surface area contributed by atoms with Gasteiger partial charge in [-0.05, 0) is 36.6 Å². The van der Waals surface area contributed by atoms with Crippen molar-refractivity contribution in [1.29, 1.82) is 5.26 Å². The van der Waals surface area contributed by atoms with E-state index in [9.17, 15) is 18.1 Å². The highest BCUT2D eigenvalue weighted by Crippen LogP contribution is 2.43. The molecule has 30 heavy (non-hydrogen) atoms. The van der Waals surface area contributed by atoms with E-state index in [1.54, 1.807) is 24.3 Å². The molecule has 0 unspecified atom stereocenters. The van der Waals surface area contributed by atoms with Crippen molar-refractivity contribution in [3.8, 4) is 28.5 Å². The minimum Gasteiger partial charge on any atom is -0.382 e. The number of nitrogens with zero attached hydrogens (tertiary/aromatic N) is 3. The fourth-order valence-electron chi connectivity index (χ4n) is 3.90.